The molecule has 2 aromatic rings. The van der Waals surface area contributed by atoms with Gasteiger partial charge in [0.15, 0.2) is 11.5 Å². The van der Waals surface area contributed by atoms with Gasteiger partial charge in [-0.3, -0.25) is 14.5 Å². The van der Waals surface area contributed by atoms with E-state index in [2.05, 4.69) is 20.9 Å². The summed E-state index contributed by atoms with van der Waals surface area (Å²) < 4.78 is 5.93. The number of fused-ring (bicyclic) bond motifs is 1. The number of Topliss-reactive ketones (excluding diaryl/α,β-unsaturated/α-hetero) is 1. The van der Waals surface area contributed by atoms with Crippen molar-refractivity contribution in [2.24, 2.45) is 5.92 Å². The van der Waals surface area contributed by atoms with Crippen molar-refractivity contribution in [2.45, 2.75) is 39.0 Å². The van der Waals surface area contributed by atoms with E-state index in [-0.39, 0.29) is 11.7 Å². The largest absolute Gasteiger partial charge is 0.455 e. The summed E-state index contributed by atoms with van der Waals surface area (Å²) in [5.74, 6) is 2.69. The van der Waals surface area contributed by atoms with Gasteiger partial charge in [0.05, 0.1) is 5.56 Å². The lowest BCUT2D eigenvalue weighted by atomic mass is 9.93. The molecule has 2 aliphatic heterocycles. The summed E-state index contributed by atoms with van der Waals surface area (Å²) in [5.41, 5.74) is 1.40. The van der Waals surface area contributed by atoms with Gasteiger partial charge >= 0.3 is 0 Å². The molecule has 2 fully saturated rings. The van der Waals surface area contributed by atoms with E-state index in [4.69, 9.17) is 4.42 Å². The first-order valence-corrected chi connectivity index (χ1v) is 11.9. The lowest BCUT2D eigenvalue weighted by molar-refractivity contribution is 0.0603. The first-order valence-electron chi connectivity index (χ1n) is 11.9. The van der Waals surface area contributed by atoms with Gasteiger partial charge in [-0.15, -0.1) is 0 Å². The maximum absolute atomic E-state index is 13.3. The number of aromatic nitrogens is 1. The number of piperazine rings is 1. The quantitative estimate of drug-likeness (QED) is 0.733. The standard InChI is InChI=1S/C25H32N4O3/c1-18-23-20(30)7-4-8-21(23)32-24(18)25(31)29-11-5-6-19(17-29)16-27-12-14-28(15-13-27)22-9-2-3-10-26-22/h2-3,9-10,19H,4-8,11-17H2,1H3. The zero-order valence-electron chi connectivity index (χ0n) is 18.9. The number of likely N-dealkylation sites (tertiary alicyclic amines) is 1. The molecule has 32 heavy (non-hydrogen) atoms. The molecular weight excluding hydrogens is 404 g/mol. The third-order valence-corrected chi connectivity index (χ3v) is 7.17. The van der Waals surface area contributed by atoms with Crippen LogP contribution in [0.4, 0.5) is 5.82 Å². The molecule has 7 nitrogen and oxygen atoms in total. The highest BCUT2D eigenvalue weighted by atomic mass is 16.4. The van der Waals surface area contributed by atoms with Gasteiger partial charge in [0.2, 0.25) is 0 Å². The number of furan rings is 1. The zero-order chi connectivity index (χ0) is 22.1. The minimum atomic E-state index is -0.0469. The highest BCUT2D eigenvalue weighted by Crippen LogP contribution is 2.31. The molecule has 170 valence electrons. The smallest absolute Gasteiger partial charge is 0.289 e. The fourth-order valence-corrected chi connectivity index (χ4v) is 5.46. The molecule has 2 aromatic heterocycles. The van der Waals surface area contributed by atoms with Crippen molar-refractivity contribution >= 4 is 17.5 Å². The number of carbonyl (C=O) groups excluding carboxylic acids is 2. The number of hydrogen-bond donors (Lipinski definition) is 0. The number of pyridine rings is 1. The summed E-state index contributed by atoms with van der Waals surface area (Å²) in [6, 6.07) is 6.06. The number of aryl methyl sites for hydroxylation is 1. The van der Waals surface area contributed by atoms with Crippen molar-refractivity contribution in [1.82, 2.24) is 14.8 Å². The molecule has 4 heterocycles. The number of nitrogens with zero attached hydrogens (tertiary/aromatic N) is 4. The summed E-state index contributed by atoms with van der Waals surface area (Å²) >= 11 is 0. The van der Waals surface area contributed by atoms with Crippen molar-refractivity contribution < 1.29 is 14.0 Å². The lowest BCUT2D eigenvalue weighted by Crippen LogP contribution is -2.50. The SMILES string of the molecule is Cc1c(C(=O)N2CCCC(CN3CCN(c4ccccn4)CC3)C2)oc2c1C(=O)CCC2. The predicted molar refractivity (Wildman–Crippen MR) is 122 cm³/mol. The van der Waals surface area contributed by atoms with Gasteiger partial charge in [0.1, 0.15) is 11.6 Å². The molecule has 0 bridgehead atoms. The molecule has 1 aliphatic carbocycles. The van der Waals surface area contributed by atoms with Crippen LogP contribution >= 0.6 is 0 Å². The number of rotatable bonds is 4. The molecule has 0 spiro atoms. The van der Waals surface area contributed by atoms with E-state index in [1.165, 1.54) is 0 Å². The summed E-state index contributed by atoms with van der Waals surface area (Å²) in [4.78, 5) is 36.9. The Morgan fingerprint density at radius 1 is 1.12 bits per heavy atom. The fraction of sp³-hybridized carbons (Fsp3) is 0.560. The van der Waals surface area contributed by atoms with Crippen LogP contribution in [0.2, 0.25) is 0 Å². The van der Waals surface area contributed by atoms with E-state index in [1.54, 1.807) is 0 Å². The Morgan fingerprint density at radius 2 is 1.97 bits per heavy atom. The third kappa shape index (κ3) is 4.18. The van der Waals surface area contributed by atoms with Crippen molar-refractivity contribution in [3.8, 4) is 0 Å². The van der Waals surface area contributed by atoms with Crippen LogP contribution in [0.3, 0.4) is 0 Å². The normalized spacial score (nSPS) is 22.2. The molecule has 3 aliphatic rings. The number of hydrogen-bond acceptors (Lipinski definition) is 6. The van der Waals surface area contributed by atoms with Crippen molar-refractivity contribution in [3.05, 3.63) is 47.0 Å². The van der Waals surface area contributed by atoms with Crippen molar-refractivity contribution in [1.29, 1.82) is 0 Å². The van der Waals surface area contributed by atoms with E-state index in [9.17, 15) is 9.59 Å². The molecule has 1 atom stereocenters. The van der Waals surface area contributed by atoms with Crippen LogP contribution in [0.1, 0.15) is 57.9 Å². The molecule has 1 amide bonds. The van der Waals surface area contributed by atoms with Gasteiger partial charge in [-0.25, -0.2) is 4.98 Å². The van der Waals surface area contributed by atoms with E-state index < -0.39 is 0 Å². The number of anilines is 1. The Hall–Kier alpha value is -2.67. The summed E-state index contributed by atoms with van der Waals surface area (Å²) in [5, 5.41) is 0. The second-order valence-electron chi connectivity index (χ2n) is 9.37. The van der Waals surface area contributed by atoms with E-state index in [0.717, 1.165) is 82.9 Å². The maximum Gasteiger partial charge on any atom is 0.289 e. The summed E-state index contributed by atoms with van der Waals surface area (Å²) in [6.45, 7) is 8.42. The molecule has 5 rings (SSSR count). The minimum absolute atomic E-state index is 0.0469. The molecule has 0 aromatic carbocycles. The monoisotopic (exact) mass is 436 g/mol. The maximum atomic E-state index is 13.3. The molecule has 0 N–H and O–H groups in total. The van der Waals surface area contributed by atoms with Crippen LogP contribution in [0.15, 0.2) is 28.8 Å². The second-order valence-corrected chi connectivity index (χ2v) is 9.37. The highest BCUT2D eigenvalue weighted by Gasteiger charge is 2.33. The summed E-state index contributed by atoms with van der Waals surface area (Å²) in [7, 11) is 0. The Bertz CT molecular complexity index is 979. The minimum Gasteiger partial charge on any atom is -0.455 e. The molecule has 0 radical (unpaired) electrons. The van der Waals surface area contributed by atoms with Crippen molar-refractivity contribution in [3.63, 3.8) is 0 Å². The first kappa shape index (κ1) is 21.2. The van der Waals surface area contributed by atoms with Gasteiger partial charge in [-0.05, 0) is 44.2 Å². The number of ketones is 1. The average Bonchev–Trinajstić information content (AvgIpc) is 3.17. The van der Waals surface area contributed by atoms with Crippen LogP contribution in [0.25, 0.3) is 0 Å². The van der Waals surface area contributed by atoms with Crippen molar-refractivity contribution in [2.75, 3.05) is 50.7 Å². The molecular formula is C25H32N4O3. The van der Waals surface area contributed by atoms with E-state index >= 15 is 0 Å². The molecule has 0 saturated carbocycles. The highest BCUT2D eigenvalue weighted by molar-refractivity contribution is 6.03. The number of piperidine rings is 1. The Kier molecular flexibility index (Phi) is 6.00. The molecule has 1 unspecified atom stereocenters. The van der Waals surface area contributed by atoms with Gasteiger partial charge in [0.25, 0.3) is 5.91 Å². The topological polar surface area (TPSA) is 69.9 Å². The number of amides is 1. The Labute approximate surface area is 189 Å². The van der Waals surface area contributed by atoms with Crippen LogP contribution in [0, 0.1) is 12.8 Å². The Balaban J connectivity index is 1.18. The van der Waals surface area contributed by atoms with Gasteiger partial charge in [-0.2, -0.15) is 0 Å². The number of carbonyl (C=O) groups is 2. The van der Waals surface area contributed by atoms with Crippen LogP contribution in [-0.2, 0) is 6.42 Å². The predicted octanol–water partition coefficient (Wildman–Crippen LogP) is 3.18. The van der Waals surface area contributed by atoms with Gasteiger partial charge < -0.3 is 14.2 Å². The van der Waals surface area contributed by atoms with Crippen LogP contribution in [-0.4, -0.2) is 72.3 Å². The van der Waals surface area contributed by atoms with Gasteiger partial charge in [-0.1, -0.05) is 6.07 Å². The molecule has 7 heteroatoms. The van der Waals surface area contributed by atoms with E-state index in [1.807, 2.05) is 30.2 Å². The average molecular weight is 437 g/mol. The fourth-order valence-electron chi connectivity index (χ4n) is 5.46. The van der Waals surface area contributed by atoms with E-state index in [0.29, 0.717) is 29.4 Å². The Morgan fingerprint density at radius 3 is 2.72 bits per heavy atom. The first-order chi connectivity index (χ1) is 15.6. The van der Waals surface area contributed by atoms with Crippen LogP contribution in [0.5, 0.6) is 0 Å². The third-order valence-electron chi connectivity index (χ3n) is 7.17. The second kappa shape index (κ2) is 9.06. The molecule has 2 saturated heterocycles. The van der Waals surface area contributed by atoms with Crippen LogP contribution < -0.4 is 4.90 Å². The van der Waals surface area contributed by atoms with Gasteiger partial charge in [0, 0.05) is 70.4 Å². The summed E-state index contributed by atoms with van der Waals surface area (Å²) in [6.07, 6.45) is 6.13. The zero-order valence-corrected chi connectivity index (χ0v) is 18.9. The lowest BCUT2D eigenvalue weighted by Gasteiger charge is -2.39.